The van der Waals surface area contributed by atoms with Gasteiger partial charge >= 0.3 is 0 Å². The van der Waals surface area contributed by atoms with Crippen LogP contribution in [0, 0.1) is 5.82 Å². The zero-order valence-corrected chi connectivity index (χ0v) is 14.4. The molecule has 122 valence electrons. The molecule has 0 aliphatic heterocycles. The number of carbonyl (C=O) groups excluding carboxylic acids is 1. The van der Waals surface area contributed by atoms with Crippen molar-refractivity contribution in [3.8, 4) is 5.75 Å². The summed E-state index contributed by atoms with van der Waals surface area (Å²) in [6, 6.07) is 14.1. The second kappa shape index (κ2) is 8.64. The fourth-order valence-electron chi connectivity index (χ4n) is 2.01. The Morgan fingerprint density at radius 3 is 2.70 bits per heavy atom. The van der Waals surface area contributed by atoms with Gasteiger partial charge in [0, 0.05) is 4.47 Å². The molecule has 0 fully saturated rings. The molecule has 0 aliphatic rings. The summed E-state index contributed by atoms with van der Waals surface area (Å²) in [6.07, 6.45) is 0. The highest BCUT2D eigenvalue weighted by Crippen LogP contribution is 2.18. The van der Waals surface area contributed by atoms with Crippen LogP contribution in [0.5, 0.6) is 5.75 Å². The third kappa shape index (κ3) is 6.00. The lowest BCUT2D eigenvalue weighted by molar-refractivity contribution is -0.871. The molecule has 0 heterocycles. The van der Waals surface area contributed by atoms with E-state index in [9.17, 15) is 9.18 Å². The minimum absolute atomic E-state index is 0.187. The van der Waals surface area contributed by atoms with Gasteiger partial charge in [-0.25, -0.2) is 4.39 Å². The number of hydrogen-bond acceptors (Lipinski definition) is 2. The number of halogens is 2. The number of nitrogens with one attached hydrogen (secondary N) is 2. The molecule has 1 amide bonds. The van der Waals surface area contributed by atoms with Gasteiger partial charge in [-0.1, -0.05) is 34.1 Å². The maximum absolute atomic E-state index is 13.7. The van der Waals surface area contributed by atoms with E-state index in [1.165, 1.54) is 12.1 Å². The first-order valence-corrected chi connectivity index (χ1v) is 8.08. The Hall–Kier alpha value is -1.92. The van der Waals surface area contributed by atoms with Crippen molar-refractivity contribution in [2.45, 2.75) is 0 Å². The van der Waals surface area contributed by atoms with Gasteiger partial charge in [0.15, 0.2) is 6.54 Å². The van der Waals surface area contributed by atoms with E-state index in [1.807, 2.05) is 37.4 Å². The average molecular weight is 382 g/mol. The van der Waals surface area contributed by atoms with Crippen molar-refractivity contribution in [3.05, 3.63) is 58.8 Å². The van der Waals surface area contributed by atoms with E-state index in [1.54, 1.807) is 6.07 Å². The molecule has 2 aromatic rings. The van der Waals surface area contributed by atoms with Crippen LogP contribution in [-0.2, 0) is 4.79 Å². The van der Waals surface area contributed by atoms with Gasteiger partial charge in [0.2, 0.25) is 0 Å². The van der Waals surface area contributed by atoms with Gasteiger partial charge in [-0.3, -0.25) is 4.79 Å². The van der Waals surface area contributed by atoms with E-state index in [2.05, 4.69) is 21.2 Å². The van der Waals surface area contributed by atoms with Crippen molar-refractivity contribution >= 4 is 27.5 Å². The lowest BCUT2D eigenvalue weighted by Crippen LogP contribution is -3.10. The number of carbonyl (C=O) groups is 1. The summed E-state index contributed by atoms with van der Waals surface area (Å²) in [7, 11) is 1.89. The van der Waals surface area contributed by atoms with E-state index in [0.29, 0.717) is 17.6 Å². The molecule has 2 N–H and O–H groups in total. The zero-order valence-electron chi connectivity index (χ0n) is 12.8. The summed E-state index contributed by atoms with van der Waals surface area (Å²) >= 11 is 3.18. The number of rotatable bonds is 7. The number of likely N-dealkylation sites (N-methyl/N-ethyl adjacent to an activating group) is 1. The largest absolute Gasteiger partial charge is 0.488 e. The summed E-state index contributed by atoms with van der Waals surface area (Å²) in [4.78, 5) is 12.9. The van der Waals surface area contributed by atoms with E-state index in [-0.39, 0.29) is 18.1 Å². The van der Waals surface area contributed by atoms with E-state index in [4.69, 9.17) is 4.74 Å². The maximum atomic E-state index is 13.7. The summed E-state index contributed by atoms with van der Waals surface area (Å²) < 4.78 is 19.9. The van der Waals surface area contributed by atoms with Crippen LogP contribution in [0.25, 0.3) is 0 Å². The molecular weight excluding hydrogens is 363 g/mol. The van der Waals surface area contributed by atoms with E-state index in [0.717, 1.165) is 10.6 Å². The number of hydrogen-bond donors (Lipinski definition) is 2. The number of benzene rings is 2. The first kappa shape index (κ1) is 17.4. The number of quaternary nitrogens is 1. The first-order chi connectivity index (χ1) is 11.0. The highest BCUT2D eigenvalue weighted by Gasteiger charge is 2.12. The zero-order chi connectivity index (χ0) is 16.7. The van der Waals surface area contributed by atoms with Crippen molar-refractivity contribution in [1.29, 1.82) is 0 Å². The molecule has 0 aromatic heterocycles. The summed E-state index contributed by atoms with van der Waals surface area (Å²) in [6.45, 7) is 1.43. The second-order valence-corrected chi connectivity index (χ2v) is 6.13. The fourth-order valence-corrected chi connectivity index (χ4v) is 2.34. The lowest BCUT2D eigenvalue weighted by Gasteiger charge is -2.14. The number of para-hydroxylation sites is 1. The molecular formula is C17H19BrFN2O2+. The quantitative estimate of drug-likeness (QED) is 0.771. The molecule has 0 radical (unpaired) electrons. The van der Waals surface area contributed by atoms with Crippen LogP contribution in [0.2, 0.25) is 0 Å². The SMILES string of the molecule is C[NH+](CCOc1ccccc1)CC(=O)Nc1ccc(Br)cc1F. The fraction of sp³-hybridized carbons (Fsp3) is 0.235. The van der Waals surface area contributed by atoms with Gasteiger partial charge < -0.3 is 15.0 Å². The number of anilines is 1. The molecule has 2 rings (SSSR count). The predicted octanol–water partition coefficient (Wildman–Crippen LogP) is 2.12. The lowest BCUT2D eigenvalue weighted by atomic mass is 10.3. The van der Waals surface area contributed by atoms with Crippen molar-refractivity contribution in [2.24, 2.45) is 0 Å². The van der Waals surface area contributed by atoms with Gasteiger partial charge in [0.25, 0.3) is 5.91 Å². The summed E-state index contributed by atoms with van der Waals surface area (Å²) in [5.41, 5.74) is 0.187. The molecule has 0 spiro atoms. The van der Waals surface area contributed by atoms with Crippen LogP contribution in [0.15, 0.2) is 53.0 Å². The Kier molecular flexibility index (Phi) is 6.55. The molecule has 0 aliphatic carbocycles. The van der Waals surface area contributed by atoms with Crippen LogP contribution < -0.4 is 15.0 Å². The number of ether oxygens (including phenoxy) is 1. The molecule has 0 saturated heterocycles. The second-order valence-electron chi connectivity index (χ2n) is 5.22. The van der Waals surface area contributed by atoms with Crippen LogP contribution in [0.3, 0.4) is 0 Å². The molecule has 1 unspecified atom stereocenters. The average Bonchev–Trinajstić information content (AvgIpc) is 2.51. The minimum Gasteiger partial charge on any atom is -0.488 e. The molecule has 0 saturated carbocycles. The topological polar surface area (TPSA) is 42.8 Å². The van der Waals surface area contributed by atoms with Crippen molar-refractivity contribution in [2.75, 3.05) is 32.1 Å². The van der Waals surface area contributed by atoms with Gasteiger partial charge in [0.05, 0.1) is 12.7 Å². The molecule has 0 bridgehead atoms. The van der Waals surface area contributed by atoms with Crippen molar-refractivity contribution < 1.29 is 18.8 Å². The highest BCUT2D eigenvalue weighted by atomic mass is 79.9. The molecule has 23 heavy (non-hydrogen) atoms. The molecule has 2 aromatic carbocycles. The van der Waals surface area contributed by atoms with Crippen LogP contribution in [0.1, 0.15) is 0 Å². The Bertz CT molecular complexity index is 652. The first-order valence-electron chi connectivity index (χ1n) is 7.28. The molecule has 4 nitrogen and oxygen atoms in total. The normalized spacial score (nSPS) is 11.8. The summed E-state index contributed by atoms with van der Waals surface area (Å²) in [5.74, 6) is 0.114. The van der Waals surface area contributed by atoms with Gasteiger partial charge in [-0.2, -0.15) is 0 Å². The van der Waals surface area contributed by atoms with Crippen LogP contribution in [-0.4, -0.2) is 32.7 Å². The minimum atomic E-state index is -0.460. The maximum Gasteiger partial charge on any atom is 0.279 e. The smallest absolute Gasteiger partial charge is 0.279 e. The van der Waals surface area contributed by atoms with Crippen LogP contribution in [0.4, 0.5) is 10.1 Å². The predicted molar refractivity (Wildman–Crippen MR) is 91.3 cm³/mol. The van der Waals surface area contributed by atoms with E-state index >= 15 is 0 Å². The highest BCUT2D eigenvalue weighted by molar-refractivity contribution is 9.10. The Morgan fingerprint density at radius 2 is 2.00 bits per heavy atom. The number of amides is 1. The molecule has 1 atom stereocenters. The Labute approximate surface area is 143 Å². The monoisotopic (exact) mass is 381 g/mol. The van der Waals surface area contributed by atoms with E-state index < -0.39 is 5.82 Å². The van der Waals surface area contributed by atoms with Gasteiger partial charge in [0.1, 0.15) is 24.7 Å². The van der Waals surface area contributed by atoms with Crippen LogP contribution >= 0.6 is 15.9 Å². The Balaban J connectivity index is 1.74. The van der Waals surface area contributed by atoms with Crippen molar-refractivity contribution in [3.63, 3.8) is 0 Å². The van der Waals surface area contributed by atoms with Crippen molar-refractivity contribution in [1.82, 2.24) is 0 Å². The van der Waals surface area contributed by atoms with Gasteiger partial charge in [-0.15, -0.1) is 0 Å². The third-order valence-corrected chi connectivity index (χ3v) is 3.70. The Morgan fingerprint density at radius 1 is 1.26 bits per heavy atom. The summed E-state index contributed by atoms with van der Waals surface area (Å²) in [5, 5.41) is 2.58. The standard InChI is InChI=1S/C17H18BrFN2O2/c1-21(9-10-23-14-5-3-2-4-6-14)12-17(22)20-16-8-7-13(18)11-15(16)19/h2-8,11H,9-10,12H2,1H3,(H,20,22)/p+1. The third-order valence-electron chi connectivity index (χ3n) is 3.21. The molecule has 6 heteroatoms. The van der Waals surface area contributed by atoms with Gasteiger partial charge in [-0.05, 0) is 30.3 Å².